The van der Waals surface area contributed by atoms with Gasteiger partial charge in [0.15, 0.2) is 11.5 Å². The Balaban J connectivity index is 1.28. The zero-order valence-electron chi connectivity index (χ0n) is 18.7. The lowest BCUT2D eigenvalue weighted by Gasteiger charge is -2.27. The van der Waals surface area contributed by atoms with Gasteiger partial charge < -0.3 is 20.1 Å². The number of carbonyl (C=O) groups excluding carboxylic acids is 1. The van der Waals surface area contributed by atoms with Crippen LogP contribution < -0.4 is 10.2 Å². The summed E-state index contributed by atoms with van der Waals surface area (Å²) in [4.78, 5) is 20.2. The molecule has 5 heterocycles. The quantitative estimate of drug-likeness (QED) is 0.612. The van der Waals surface area contributed by atoms with Crippen LogP contribution >= 0.6 is 0 Å². The van der Waals surface area contributed by atoms with Gasteiger partial charge in [0, 0.05) is 31.7 Å². The Hall–Kier alpha value is -2.98. The standard InChI is InChI=1S/C23H29N7O3/c1-14-19(11-30(26-14)16-5-3-15(12-31)4-6-16)25-23(32)20-21-24-7-2-8-29(21)27-22(20)28-10-18-9-17(28)13-33-18/h2,7-8,11,15-18,31H,3-6,9-10,12-13H2,1H3,(H,25,32)/t15?,16?,17-,18-/m1/s1. The number of fused-ring (bicyclic) bond motifs is 3. The number of aliphatic hydroxyl groups is 1. The van der Waals surface area contributed by atoms with Crippen molar-refractivity contribution in [1.29, 1.82) is 0 Å². The molecule has 1 aliphatic carbocycles. The topological polar surface area (TPSA) is 110 Å². The summed E-state index contributed by atoms with van der Waals surface area (Å²) in [6.07, 6.45) is 10.6. The fourth-order valence-electron chi connectivity index (χ4n) is 5.51. The summed E-state index contributed by atoms with van der Waals surface area (Å²) >= 11 is 0. The largest absolute Gasteiger partial charge is 0.396 e. The third-order valence-corrected chi connectivity index (χ3v) is 7.39. The maximum absolute atomic E-state index is 13.6. The molecule has 2 bridgehead atoms. The molecule has 0 aromatic carbocycles. The first-order chi connectivity index (χ1) is 16.1. The maximum atomic E-state index is 13.6. The number of hydrogen-bond donors (Lipinski definition) is 2. The Kier molecular flexibility index (Phi) is 5.06. The Morgan fingerprint density at radius 3 is 2.82 bits per heavy atom. The van der Waals surface area contributed by atoms with E-state index in [1.54, 1.807) is 10.7 Å². The summed E-state index contributed by atoms with van der Waals surface area (Å²) in [6, 6.07) is 2.35. The maximum Gasteiger partial charge on any atom is 0.263 e. The number of ether oxygens (including phenoxy) is 1. The van der Waals surface area contributed by atoms with Crippen molar-refractivity contribution < 1.29 is 14.6 Å². The molecule has 33 heavy (non-hydrogen) atoms. The predicted octanol–water partition coefficient (Wildman–Crippen LogP) is 2.19. The van der Waals surface area contributed by atoms with Gasteiger partial charge >= 0.3 is 0 Å². The molecule has 0 unspecified atom stereocenters. The lowest BCUT2D eigenvalue weighted by molar-refractivity contribution is 0.0979. The van der Waals surface area contributed by atoms with Gasteiger partial charge in [-0.25, -0.2) is 9.50 Å². The smallest absolute Gasteiger partial charge is 0.263 e. The van der Waals surface area contributed by atoms with Crippen molar-refractivity contribution in [2.45, 2.75) is 57.2 Å². The van der Waals surface area contributed by atoms with Gasteiger partial charge in [-0.3, -0.25) is 9.48 Å². The second-order valence-electron chi connectivity index (χ2n) is 9.50. The summed E-state index contributed by atoms with van der Waals surface area (Å²) < 4.78 is 9.40. The Morgan fingerprint density at radius 1 is 1.24 bits per heavy atom. The van der Waals surface area contributed by atoms with Crippen LogP contribution in [-0.4, -0.2) is 67.3 Å². The molecule has 10 heteroatoms. The second-order valence-corrected chi connectivity index (χ2v) is 9.50. The van der Waals surface area contributed by atoms with Gasteiger partial charge in [0.25, 0.3) is 5.91 Å². The molecule has 1 saturated carbocycles. The van der Waals surface area contributed by atoms with E-state index in [1.165, 1.54) is 0 Å². The van der Waals surface area contributed by atoms with Crippen LogP contribution in [0.2, 0.25) is 0 Å². The number of morpholine rings is 1. The first-order valence-electron chi connectivity index (χ1n) is 11.8. The number of aryl methyl sites for hydroxylation is 1. The molecule has 0 radical (unpaired) electrons. The first kappa shape index (κ1) is 20.6. The highest BCUT2D eigenvalue weighted by atomic mass is 16.5. The van der Waals surface area contributed by atoms with Gasteiger partial charge in [-0.1, -0.05) is 0 Å². The molecule has 174 valence electrons. The number of rotatable bonds is 5. The molecular formula is C23H29N7O3. The molecule has 3 aromatic heterocycles. The van der Waals surface area contributed by atoms with Crippen LogP contribution in [0.3, 0.4) is 0 Å². The number of nitrogens with zero attached hydrogens (tertiary/aromatic N) is 6. The minimum atomic E-state index is -0.228. The lowest BCUT2D eigenvalue weighted by atomic mass is 9.87. The predicted molar refractivity (Wildman–Crippen MR) is 121 cm³/mol. The molecule has 2 aliphatic heterocycles. The number of hydrogen-bond acceptors (Lipinski definition) is 7. The van der Waals surface area contributed by atoms with Gasteiger partial charge in [0.1, 0.15) is 5.56 Å². The monoisotopic (exact) mass is 451 g/mol. The highest BCUT2D eigenvalue weighted by molar-refractivity contribution is 6.12. The normalized spacial score (nSPS) is 26.9. The van der Waals surface area contributed by atoms with Crippen molar-refractivity contribution >= 4 is 23.1 Å². The van der Waals surface area contributed by atoms with Crippen molar-refractivity contribution in [3.8, 4) is 0 Å². The van der Waals surface area contributed by atoms with Crippen LogP contribution in [0.4, 0.5) is 11.5 Å². The van der Waals surface area contributed by atoms with Crippen LogP contribution in [0.1, 0.15) is 54.2 Å². The van der Waals surface area contributed by atoms with Crippen molar-refractivity contribution in [1.82, 2.24) is 24.4 Å². The van der Waals surface area contributed by atoms with E-state index in [4.69, 9.17) is 9.84 Å². The van der Waals surface area contributed by atoms with Gasteiger partial charge in [-0.15, -0.1) is 5.10 Å². The molecule has 1 amide bonds. The molecule has 2 N–H and O–H groups in total. The molecule has 3 aliphatic rings. The van der Waals surface area contributed by atoms with Crippen molar-refractivity contribution in [3.05, 3.63) is 35.9 Å². The Labute approximate surface area is 191 Å². The van der Waals surface area contributed by atoms with Gasteiger partial charge in [0.2, 0.25) is 0 Å². The van der Waals surface area contributed by atoms with E-state index in [9.17, 15) is 9.90 Å². The zero-order chi connectivity index (χ0) is 22.5. The first-order valence-corrected chi connectivity index (χ1v) is 11.8. The molecule has 0 spiro atoms. The second kappa shape index (κ2) is 8.11. The molecule has 6 rings (SSSR count). The summed E-state index contributed by atoms with van der Waals surface area (Å²) in [7, 11) is 0. The fourth-order valence-corrected chi connectivity index (χ4v) is 5.51. The van der Waals surface area contributed by atoms with Crippen LogP contribution in [-0.2, 0) is 4.74 Å². The van der Waals surface area contributed by atoms with E-state index in [0.717, 1.165) is 44.3 Å². The fraction of sp³-hybridized carbons (Fsp3) is 0.565. The van der Waals surface area contributed by atoms with Crippen molar-refractivity contribution in [2.75, 3.05) is 30.0 Å². The highest BCUT2D eigenvalue weighted by Gasteiger charge is 2.42. The lowest BCUT2D eigenvalue weighted by Crippen LogP contribution is -2.38. The number of carbonyl (C=O) groups is 1. The number of anilines is 2. The van der Waals surface area contributed by atoms with Gasteiger partial charge in [-0.2, -0.15) is 5.10 Å². The highest BCUT2D eigenvalue weighted by Crippen LogP contribution is 2.36. The Morgan fingerprint density at radius 2 is 2.09 bits per heavy atom. The van der Waals surface area contributed by atoms with E-state index in [-0.39, 0.29) is 24.7 Å². The van der Waals surface area contributed by atoms with Gasteiger partial charge in [0.05, 0.1) is 36.2 Å². The summed E-state index contributed by atoms with van der Waals surface area (Å²) in [5.74, 6) is 0.827. The zero-order valence-corrected chi connectivity index (χ0v) is 18.7. The average molecular weight is 452 g/mol. The van der Waals surface area contributed by atoms with Crippen molar-refractivity contribution in [2.24, 2.45) is 5.92 Å². The third-order valence-electron chi connectivity index (χ3n) is 7.39. The molecule has 3 fully saturated rings. The summed E-state index contributed by atoms with van der Waals surface area (Å²) in [5.41, 5.74) is 2.52. The van der Waals surface area contributed by atoms with E-state index < -0.39 is 0 Å². The number of amides is 1. The summed E-state index contributed by atoms with van der Waals surface area (Å²) in [5, 5.41) is 21.9. The van der Waals surface area contributed by atoms with E-state index in [0.29, 0.717) is 41.3 Å². The van der Waals surface area contributed by atoms with Crippen LogP contribution in [0.5, 0.6) is 0 Å². The van der Waals surface area contributed by atoms with E-state index in [1.807, 2.05) is 30.1 Å². The minimum Gasteiger partial charge on any atom is -0.396 e. The number of nitrogens with one attached hydrogen (secondary N) is 1. The molecule has 2 atom stereocenters. The number of aliphatic hydroxyl groups excluding tert-OH is 1. The van der Waals surface area contributed by atoms with Crippen LogP contribution in [0.15, 0.2) is 24.7 Å². The number of aromatic nitrogens is 5. The van der Waals surface area contributed by atoms with Crippen LogP contribution in [0.25, 0.3) is 5.65 Å². The molecule has 10 nitrogen and oxygen atoms in total. The third kappa shape index (κ3) is 3.57. The van der Waals surface area contributed by atoms with Crippen molar-refractivity contribution in [3.63, 3.8) is 0 Å². The molecular weight excluding hydrogens is 422 g/mol. The van der Waals surface area contributed by atoms with Gasteiger partial charge in [-0.05, 0) is 51.0 Å². The SMILES string of the molecule is Cc1nn(C2CCC(CO)CC2)cc1NC(=O)c1c(N2C[C@H]3C[C@@H]2CO3)nn2cccnc12. The average Bonchev–Trinajstić information content (AvgIpc) is 3.62. The van der Waals surface area contributed by atoms with E-state index >= 15 is 0 Å². The van der Waals surface area contributed by atoms with Crippen LogP contribution in [0, 0.1) is 12.8 Å². The minimum absolute atomic E-state index is 0.199. The summed E-state index contributed by atoms with van der Waals surface area (Å²) in [6.45, 7) is 3.57. The molecule has 2 saturated heterocycles. The van der Waals surface area contributed by atoms with E-state index in [2.05, 4.69) is 20.3 Å². The Bertz CT molecular complexity index is 1180. The molecule has 3 aromatic rings.